The lowest BCUT2D eigenvalue weighted by atomic mass is 10.4. The monoisotopic (exact) mass is 206 g/mol. The lowest BCUT2D eigenvalue weighted by Gasteiger charge is -1.93. The Morgan fingerprint density at radius 3 is 2.54 bits per heavy atom. The van der Waals surface area contributed by atoms with Crippen molar-refractivity contribution in [2.24, 2.45) is 0 Å². The van der Waals surface area contributed by atoms with Crippen molar-refractivity contribution >= 4 is 9.84 Å². The van der Waals surface area contributed by atoms with E-state index in [4.69, 9.17) is 4.42 Å². The van der Waals surface area contributed by atoms with Gasteiger partial charge >= 0.3 is 5.22 Å². The van der Waals surface area contributed by atoms with Gasteiger partial charge in [-0.15, -0.1) is 5.10 Å². The minimum atomic E-state index is -3.38. The standard InChI is InChI=1S/C6H11N3O3S/c1-3-13(10,11)6-9-8-5(12-6)4(2)7/h4H,3,7H2,1-2H3/p+1/t4-/m0/s1. The molecule has 1 aromatic heterocycles. The molecule has 0 aliphatic carbocycles. The third-order valence-electron chi connectivity index (χ3n) is 1.49. The molecule has 0 aliphatic rings. The van der Waals surface area contributed by atoms with Crippen molar-refractivity contribution in [1.29, 1.82) is 0 Å². The van der Waals surface area contributed by atoms with E-state index < -0.39 is 9.84 Å². The topological polar surface area (TPSA) is 101 Å². The van der Waals surface area contributed by atoms with Crippen molar-refractivity contribution in [3.05, 3.63) is 5.89 Å². The van der Waals surface area contributed by atoms with E-state index >= 15 is 0 Å². The summed E-state index contributed by atoms with van der Waals surface area (Å²) in [7, 11) is -3.38. The SMILES string of the molecule is CCS(=O)(=O)c1nnc([C@H](C)[NH3+])o1. The van der Waals surface area contributed by atoms with Crippen LogP contribution in [0.1, 0.15) is 25.8 Å². The molecule has 7 heteroatoms. The molecular formula is C6H12N3O3S+. The Kier molecular flexibility index (Phi) is 2.67. The second-order valence-electron chi connectivity index (χ2n) is 2.71. The first-order chi connectivity index (χ1) is 5.97. The Labute approximate surface area is 76.1 Å². The molecule has 13 heavy (non-hydrogen) atoms. The summed E-state index contributed by atoms with van der Waals surface area (Å²) in [6.45, 7) is 3.27. The van der Waals surface area contributed by atoms with Gasteiger partial charge in [0.2, 0.25) is 9.84 Å². The molecule has 6 nitrogen and oxygen atoms in total. The van der Waals surface area contributed by atoms with Crippen LogP contribution in [0.5, 0.6) is 0 Å². The van der Waals surface area contributed by atoms with E-state index in [9.17, 15) is 8.42 Å². The van der Waals surface area contributed by atoms with E-state index in [1.165, 1.54) is 6.92 Å². The fourth-order valence-electron chi connectivity index (χ4n) is 0.669. The summed E-state index contributed by atoms with van der Waals surface area (Å²) in [6, 6.07) is -0.201. The quantitative estimate of drug-likeness (QED) is 0.695. The van der Waals surface area contributed by atoms with E-state index in [-0.39, 0.29) is 22.9 Å². The number of aromatic nitrogens is 2. The van der Waals surface area contributed by atoms with Crippen LogP contribution < -0.4 is 5.73 Å². The van der Waals surface area contributed by atoms with Gasteiger partial charge in [0, 0.05) is 0 Å². The lowest BCUT2D eigenvalue weighted by molar-refractivity contribution is -0.425. The first kappa shape index (κ1) is 10.1. The van der Waals surface area contributed by atoms with Crippen molar-refractivity contribution in [2.45, 2.75) is 25.1 Å². The number of hydrogen-bond donors (Lipinski definition) is 1. The highest BCUT2D eigenvalue weighted by atomic mass is 32.2. The molecular weight excluding hydrogens is 194 g/mol. The van der Waals surface area contributed by atoms with Gasteiger partial charge in [-0.05, 0) is 6.92 Å². The van der Waals surface area contributed by atoms with Gasteiger partial charge < -0.3 is 10.2 Å². The summed E-state index contributed by atoms with van der Waals surface area (Å²) in [6.07, 6.45) is 0. The number of hydrogen-bond acceptors (Lipinski definition) is 5. The van der Waals surface area contributed by atoms with E-state index in [0.717, 1.165) is 0 Å². The highest BCUT2D eigenvalue weighted by Gasteiger charge is 2.22. The molecule has 1 atom stereocenters. The fraction of sp³-hybridized carbons (Fsp3) is 0.667. The second kappa shape index (κ2) is 3.43. The van der Waals surface area contributed by atoms with Crippen LogP contribution in [-0.4, -0.2) is 24.4 Å². The van der Waals surface area contributed by atoms with Crippen molar-refractivity contribution in [3.8, 4) is 0 Å². The van der Waals surface area contributed by atoms with Crippen LogP contribution in [-0.2, 0) is 9.84 Å². The summed E-state index contributed by atoms with van der Waals surface area (Å²) in [4.78, 5) is 0. The predicted molar refractivity (Wildman–Crippen MR) is 43.3 cm³/mol. The lowest BCUT2D eigenvalue weighted by Crippen LogP contribution is -2.51. The van der Waals surface area contributed by atoms with Gasteiger partial charge in [0.1, 0.15) is 0 Å². The minimum absolute atomic E-state index is 0.0415. The molecule has 0 fully saturated rings. The van der Waals surface area contributed by atoms with Crippen LogP contribution in [0.3, 0.4) is 0 Å². The average molecular weight is 206 g/mol. The fourth-order valence-corrected chi connectivity index (χ4v) is 1.29. The zero-order valence-corrected chi connectivity index (χ0v) is 8.34. The van der Waals surface area contributed by atoms with Gasteiger partial charge in [0.25, 0.3) is 5.89 Å². The first-order valence-corrected chi connectivity index (χ1v) is 5.52. The van der Waals surface area contributed by atoms with E-state index in [0.29, 0.717) is 0 Å². The molecule has 0 aliphatic heterocycles. The number of rotatable bonds is 3. The summed E-state index contributed by atoms with van der Waals surface area (Å²) in [5.74, 6) is 0.201. The summed E-state index contributed by atoms with van der Waals surface area (Å²) in [5.41, 5.74) is 3.64. The zero-order valence-electron chi connectivity index (χ0n) is 7.52. The zero-order chi connectivity index (χ0) is 10.1. The Balaban J connectivity index is 3.06. The Morgan fingerprint density at radius 1 is 1.54 bits per heavy atom. The molecule has 74 valence electrons. The van der Waals surface area contributed by atoms with Gasteiger partial charge in [0.15, 0.2) is 6.04 Å². The maximum Gasteiger partial charge on any atom is 0.335 e. The normalized spacial score (nSPS) is 14.4. The molecule has 1 aromatic rings. The third kappa shape index (κ3) is 2.04. The molecule has 1 rings (SSSR count). The molecule has 0 aromatic carbocycles. The summed E-state index contributed by atoms with van der Waals surface area (Å²) < 4.78 is 27.4. The third-order valence-corrected chi connectivity index (χ3v) is 2.95. The molecule has 0 spiro atoms. The molecule has 3 N–H and O–H groups in total. The molecule has 0 saturated heterocycles. The number of sulfone groups is 1. The maximum absolute atomic E-state index is 11.2. The highest BCUT2D eigenvalue weighted by molar-refractivity contribution is 7.91. The van der Waals surface area contributed by atoms with Crippen LogP contribution in [0.2, 0.25) is 0 Å². The Morgan fingerprint density at radius 2 is 2.15 bits per heavy atom. The van der Waals surface area contributed by atoms with E-state index in [2.05, 4.69) is 15.9 Å². The maximum atomic E-state index is 11.2. The van der Waals surface area contributed by atoms with Gasteiger partial charge in [-0.2, -0.15) is 0 Å². The van der Waals surface area contributed by atoms with Crippen LogP contribution >= 0.6 is 0 Å². The first-order valence-electron chi connectivity index (χ1n) is 3.86. The van der Waals surface area contributed by atoms with Gasteiger partial charge in [-0.25, -0.2) is 8.42 Å². The van der Waals surface area contributed by atoms with E-state index in [1.54, 1.807) is 6.92 Å². The minimum Gasteiger partial charge on any atom is -0.406 e. The summed E-state index contributed by atoms with van der Waals surface area (Å²) >= 11 is 0. The molecule has 0 saturated carbocycles. The average Bonchev–Trinajstić information content (AvgIpc) is 2.52. The van der Waals surface area contributed by atoms with Crippen molar-refractivity contribution in [3.63, 3.8) is 0 Å². The van der Waals surface area contributed by atoms with Crippen molar-refractivity contribution in [1.82, 2.24) is 10.2 Å². The number of nitrogens with zero attached hydrogens (tertiary/aromatic N) is 2. The molecule has 0 amide bonds. The van der Waals surface area contributed by atoms with E-state index in [1.807, 2.05) is 0 Å². The molecule has 0 radical (unpaired) electrons. The Bertz CT molecular complexity index is 382. The van der Waals surface area contributed by atoms with Crippen LogP contribution in [0, 0.1) is 0 Å². The smallest absolute Gasteiger partial charge is 0.335 e. The molecule has 0 unspecified atom stereocenters. The number of quaternary nitrogens is 1. The Hall–Kier alpha value is -0.950. The predicted octanol–water partition coefficient (Wildman–Crippen LogP) is -0.834. The van der Waals surface area contributed by atoms with Crippen LogP contribution in [0.15, 0.2) is 9.64 Å². The molecule has 1 heterocycles. The van der Waals surface area contributed by atoms with Crippen LogP contribution in [0.25, 0.3) is 0 Å². The van der Waals surface area contributed by atoms with Gasteiger partial charge in [0.05, 0.1) is 5.75 Å². The van der Waals surface area contributed by atoms with Gasteiger partial charge in [-0.3, -0.25) is 0 Å². The van der Waals surface area contributed by atoms with Gasteiger partial charge in [-0.1, -0.05) is 12.0 Å². The largest absolute Gasteiger partial charge is 0.406 e. The highest BCUT2D eigenvalue weighted by Crippen LogP contribution is 2.11. The molecule has 0 bridgehead atoms. The van der Waals surface area contributed by atoms with Crippen LogP contribution in [0.4, 0.5) is 0 Å². The second-order valence-corrected chi connectivity index (χ2v) is 4.87. The van der Waals surface area contributed by atoms with Crippen molar-refractivity contribution in [2.75, 3.05) is 5.75 Å². The van der Waals surface area contributed by atoms with Crippen molar-refractivity contribution < 1.29 is 18.6 Å². The summed E-state index contributed by atoms with van der Waals surface area (Å²) in [5, 5.41) is 6.69.